The average molecular weight is 252 g/mol. The Hall–Kier alpha value is -0.710. The molecule has 2 N–H and O–H groups in total. The smallest absolute Gasteiger partial charge is 0.169 e. The van der Waals surface area contributed by atoms with E-state index in [1.54, 1.807) is 18.3 Å². The van der Waals surface area contributed by atoms with Gasteiger partial charge in [-0.25, -0.2) is 0 Å². The molecule has 0 radical (unpaired) electrons. The first-order valence-electron chi connectivity index (χ1n) is 6.21. The van der Waals surface area contributed by atoms with E-state index in [1.165, 1.54) is 18.4 Å². The first-order chi connectivity index (χ1) is 8.15. The molecule has 0 aliphatic carbocycles. The minimum atomic E-state index is 0.161. The quantitative estimate of drug-likeness (QED) is 0.839. The van der Waals surface area contributed by atoms with Gasteiger partial charge >= 0.3 is 0 Å². The summed E-state index contributed by atoms with van der Waals surface area (Å²) >= 11 is 1.54. The first-order valence-corrected chi connectivity index (χ1v) is 7.09. The molecule has 2 rings (SSSR count). The number of nitrogens with two attached hydrogens (primary N) is 1. The number of Topliss-reactive ketones (excluding diaryl/α,β-unsaturated/α-hetero) is 1. The summed E-state index contributed by atoms with van der Waals surface area (Å²) in [6, 6.07) is 2.33. The Morgan fingerprint density at radius 1 is 1.59 bits per heavy atom. The number of hydrogen-bond donors (Lipinski definition) is 1. The Bertz CT molecular complexity index is 389. The Kier molecular flexibility index (Phi) is 4.31. The van der Waals surface area contributed by atoms with Crippen LogP contribution in [0.5, 0.6) is 0 Å². The second kappa shape index (κ2) is 5.76. The molecule has 17 heavy (non-hydrogen) atoms. The van der Waals surface area contributed by atoms with Crippen molar-refractivity contribution in [2.45, 2.75) is 38.8 Å². The molecule has 1 aliphatic heterocycles. The number of rotatable bonds is 3. The zero-order valence-corrected chi connectivity index (χ0v) is 11.1. The summed E-state index contributed by atoms with van der Waals surface area (Å²) in [5.41, 5.74) is 7.28. The largest absolute Gasteiger partial charge is 0.327 e. The van der Waals surface area contributed by atoms with Crippen LogP contribution < -0.4 is 5.73 Å². The second-order valence-corrected chi connectivity index (χ2v) is 5.78. The molecule has 0 unspecified atom stereocenters. The number of thiophene rings is 1. The third kappa shape index (κ3) is 3.63. The normalized spacial score (nSPS) is 22.4. The number of carbonyl (C=O) groups excluding carboxylic acids is 1. The van der Waals surface area contributed by atoms with Gasteiger partial charge in [-0.15, -0.1) is 11.3 Å². The first kappa shape index (κ1) is 12.7. The van der Waals surface area contributed by atoms with Crippen LogP contribution in [-0.4, -0.2) is 29.8 Å². The molecule has 0 saturated carbocycles. The fourth-order valence-electron chi connectivity index (χ4n) is 2.30. The lowest BCUT2D eigenvalue weighted by molar-refractivity contribution is 0.102. The molecule has 1 fully saturated rings. The van der Waals surface area contributed by atoms with Crippen LogP contribution in [0.4, 0.5) is 0 Å². The molecule has 0 amide bonds. The van der Waals surface area contributed by atoms with Gasteiger partial charge in [-0.2, -0.15) is 0 Å². The van der Waals surface area contributed by atoms with Crippen LogP contribution >= 0.6 is 11.3 Å². The summed E-state index contributed by atoms with van der Waals surface area (Å²) in [4.78, 5) is 14.5. The maximum absolute atomic E-state index is 11.2. The zero-order valence-electron chi connectivity index (χ0n) is 10.3. The summed E-state index contributed by atoms with van der Waals surface area (Å²) in [7, 11) is 0. The van der Waals surface area contributed by atoms with Crippen molar-refractivity contribution in [2.75, 3.05) is 13.1 Å². The van der Waals surface area contributed by atoms with Crippen LogP contribution in [0.3, 0.4) is 0 Å². The monoisotopic (exact) mass is 252 g/mol. The number of likely N-dealkylation sites (tertiary alicyclic amines) is 1. The summed E-state index contributed by atoms with van der Waals surface area (Å²) < 4.78 is 0. The molecule has 2 heterocycles. The third-order valence-corrected chi connectivity index (χ3v) is 4.28. The van der Waals surface area contributed by atoms with Crippen molar-refractivity contribution in [3.05, 3.63) is 21.9 Å². The predicted octanol–water partition coefficient (Wildman–Crippen LogP) is 2.26. The van der Waals surface area contributed by atoms with E-state index in [4.69, 9.17) is 5.73 Å². The molecule has 0 spiro atoms. The van der Waals surface area contributed by atoms with Crippen molar-refractivity contribution >= 4 is 17.1 Å². The fraction of sp³-hybridized carbons (Fsp3) is 0.615. The van der Waals surface area contributed by atoms with Crippen LogP contribution in [0.1, 0.15) is 41.4 Å². The van der Waals surface area contributed by atoms with E-state index < -0.39 is 0 Å². The van der Waals surface area contributed by atoms with Crippen molar-refractivity contribution in [3.63, 3.8) is 0 Å². The van der Waals surface area contributed by atoms with Gasteiger partial charge in [0, 0.05) is 19.1 Å². The van der Waals surface area contributed by atoms with Gasteiger partial charge in [-0.05, 0) is 43.3 Å². The van der Waals surface area contributed by atoms with Crippen LogP contribution in [0, 0.1) is 0 Å². The Balaban J connectivity index is 1.96. The third-order valence-electron chi connectivity index (χ3n) is 3.20. The molecule has 1 atom stereocenters. The van der Waals surface area contributed by atoms with Crippen molar-refractivity contribution in [1.29, 1.82) is 0 Å². The molecular formula is C13H20N2OS. The zero-order chi connectivity index (χ0) is 12.3. The van der Waals surface area contributed by atoms with Crippen molar-refractivity contribution < 1.29 is 4.79 Å². The van der Waals surface area contributed by atoms with Gasteiger partial charge in [-0.3, -0.25) is 9.69 Å². The van der Waals surface area contributed by atoms with Gasteiger partial charge in [0.25, 0.3) is 0 Å². The van der Waals surface area contributed by atoms with Gasteiger partial charge < -0.3 is 5.73 Å². The minimum Gasteiger partial charge on any atom is -0.327 e. The van der Waals surface area contributed by atoms with Gasteiger partial charge in [0.15, 0.2) is 5.78 Å². The van der Waals surface area contributed by atoms with E-state index in [1.807, 2.05) is 6.07 Å². The van der Waals surface area contributed by atoms with Crippen LogP contribution in [-0.2, 0) is 6.54 Å². The maximum atomic E-state index is 11.2. The van der Waals surface area contributed by atoms with Gasteiger partial charge in [0.1, 0.15) is 0 Å². The molecule has 1 aromatic rings. The lowest BCUT2D eigenvalue weighted by atomic mass is 10.1. The van der Waals surface area contributed by atoms with E-state index in [-0.39, 0.29) is 5.78 Å². The fourth-order valence-corrected chi connectivity index (χ4v) is 3.11. The summed E-state index contributed by atoms with van der Waals surface area (Å²) in [6.07, 6.45) is 3.61. The number of carbonyl (C=O) groups is 1. The molecule has 1 aromatic heterocycles. The molecule has 1 aliphatic rings. The van der Waals surface area contributed by atoms with Crippen molar-refractivity contribution in [2.24, 2.45) is 5.73 Å². The lowest BCUT2D eigenvalue weighted by Crippen LogP contribution is -2.35. The Morgan fingerprint density at radius 2 is 2.41 bits per heavy atom. The molecule has 1 saturated heterocycles. The van der Waals surface area contributed by atoms with E-state index in [9.17, 15) is 4.79 Å². The van der Waals surface area contributed by atoms with E-state index in [2.05, 4.69) is 10.3 Å². The lowest BCUT2D eigenvalue weighted by Gasteiger charge is -2.21. The van der Waals surface area contributed by atoms with E-state index in [0.717, 1.165) is 30.9 Å². The van der Waals surface area contributed by atoms with E-state index >= 15 is 0 Å². The Morgan fingerprint density at radius 3 is 3.12 bits per heavy atom. The molecule has 0 bridgehead atoms. The highest BCUT2D eigenvalue weighted by atomic mass is 32.1. The topological polar surface area (TPSA) is 46.3 Å². The number of nitrogens with zero attached hydrogens (tertiary/aromatic N) is 1. The summed E-state index contributed by atoms with van der Waals surface area (Å²) in [6.45, 7) is 4.65. The summed E-state index contributed by atoms with van der Waals surface area (Å²) in [5.74, 6) is 0.161. The highest BCUT2D eigenvalue weighted by Gasteiger charge is 2.15. The standard InChI is InChI=1S/C13H20N2OS/c1-10(16)13-6-11(9-17-13)7-15-5-3-2-4-12(14)8-15/h6,9,12H,2-5,7-8,14H2,1H3/t12-/m1/s1. The van der Waals surface area contributed by atoms with Crippen molar-refractivity contribution in [1.82, 2.24) is 4.90 Å². The second-order valence-electron chi connectivity index (χ2n) is 4.87. The van der Waals surface area contributed by atoms with Gasteiger partial charge in [0.2, 0.25) is 0 Å². The molecule has 3 nitrogen and oxygen atoms in total. The molecular weight excluding hydrogens is 232 g/mol. The number of hydrogen-bond acceptors (Lipinski definition) is 4. The van der Waals surface area contributed by atoms with E-state index in [0.29, 0.717) is 6.04 Å². The molecule has 0 aromatic carbocycles. The minimum absolute atomic E-state index is 0.161. The van der Waals surface area contributed by atoms with Crippen molar-refractivity contribution in [3.8, 4) is 0 Å². The predicted molar refractivity (Wildman–Crippen MR) is 71.4 cm³/mol. The van der Waals surface area contributed by atoms with Crippen LogP contribution in [0.2, 0.25) is 0 Å². The molecule has 4 heteroatoms. The van der Waals surface area contributed by atoms with Crippen LogP contribution in [0.15, 0.2) is 11.4 Å². The highest BCUT2D eigenvalue weighted by Crippen LogP contribution is 2.18. The summed E-state index contributed by atoms with van der Waals surface area (Å²) in [5, 5.41) is 2.09. The average Bonchev–Trinajstić information content (AvgIpc) is 2.63. The highest BCUT2D eigenvalue weighted by molar-refractivity contribution is 7.12. The van der Waals surface area contributed by atoms with Gasteiger partial charge in [0.05, 0.1) is 4.88 Å². The van der Waals surface area contributed by atoms with Gasteiger partial charge in [-0.1, -0.05) is 6.42 Å². The molecule has 94 valence electrons. The number of ketones is 1. The SMILES string of the molecule is CC(=O)c1cc(CN2CCCC[C@@H](N)C2)cs1. The maximum Gasteiger partial charge on any atom is 0.169 e. The Labute approximate surface area is 107 Å². The van der Waals surface area contributed by atoms with Crippen LogP contribution in [0.25, 0.3) is 0 Å².